The molecule has 0 amide bonds. The Morgan fingerprint density at radius 1 is 1.10 bits per heavy atom. The third kappa shape index (κ3) is 7.70. The SMILES string of the molecule is Cc1ccc(S(=O)(=O)OCCCCCc2cc(Cl)ncc2C(=O)OC(C)(C)C)cc1. The van der Waals surface area contributed by atoms with Gasteiger partial charge in [-0.05, 0) is 70.7 Å². The number of rotatable bonds is 9. The summed E-state index contributed by atoms with van der Waals surface area (Å²) in [5.74, 6) is -0.436. The smallest absolute Gasteiger partial charge is 0.340 e. The second-order valence-corrected chi connectivity index (χ2v) is 10.1. The molecular formula is C22H28ClNO5S. The molecule has 0 saturated heterocycles. The van der Waals surface area contributed by atoms with E-state index in [1.807, 2.05) is 6.92 Å². The monoisotopic (exact) mass is 453 g/mol. The van der Waals surface area contributed by atoms with Gasteiger partial charge in [0, 0.05) is 6.20 Å². The number of esters is 1. The summed E-state index contributed by atoms with van der Waals surface area (Å²) in [4.78, 5) is 16.5. The molecule has 0 saturated carbocycles. The molecule has 6 nitrogen and oxygen atoms in total. The molecule has 1 heterocycles. The Bertz CT molecular complexity index is 966. The zero-order valence-electron chi connectivity index (χ0n) is 17.8. The average molecular weight is 454 g/mol. The van der Waals surface area contributed by atoms with Crippen LogP contribution in [-0.4, -0.2) is 31.6 Å². The fourth-order valence-corrected chi connectivity index (χ4v) is 3.85. The lowest BCUT2D eigenvalue weighted by atomic mass is 10.0. The van der Waals surface area contributed by atoms with E-state index in [1.165, 1.54) is 18.3 Å². The molecular weight excluding hydrogens is 426 g/mol. The van der Waals surface area contributed by atoms with Crippen LogP contribution in [0.15, 0.2) is 41.4 Å². The van der Waals surface area contributed by atoms with E-state index in [0.717, 1.165) is 24.0 Å². The Morgan fingerprint density at radius 3 is 2.40 bits per heavy atom. The summed E-state index contributed by atoms with van der Waals surface area (Å²) in [6, 6.07) is 8.21. The van der Waals surface area contributed by atoms with Gasteiger partial charge in [0.1, 0.15) is 10.8 Å². The average Bonchev–Trinajstić information content (AvgIpc) is 2.63. The van der Waals surface area contributed by atoms with E-state index in [1.54, 1.807) is 39.0 Å². The van der Waals surface area contributed by atoms with Gasteiger partial charge < -0.3 is 4.74 Å². The third-order valence-corrected chi connectivity index (χ3v) is 5.75. The predicted octanol–water partition coefficient (Wildman–Crippen LogP) is 5.12. The molecule has 164 valence electrons. The minimum atomic E-state index is -3.74. The van der Waals surface area contributed by atoms with Crippen LogP contribution in [0.3, 0.4) is 0 Å². The molecule has 0 atom stereocenters. The van der Waals surface area contributed by atoms with Crippen molar-refractivity contribution < 1.29 is 22.1 Å². The number of benzene rings is 1. The Kier molecular flexibility index (Phi) is 8.41. The Morgan fingerprint density at radius 2 is 1.77 bits per heavy atom. The van der Waals surface area contributed by atoms with Gasteiger partial charge in [-0.15, -0.1) is 0 Å². The first kappa shape index (κ1) is 24.3. The maximum absolute atomic E-state index is 12.4. The lowest BCUT2D eigenvalue weighted by molar-refractivity contribution is 0.00678. The summed E-state index contributed by atoms with van der Waals surface area (Å²) in [7, 11) is -3.74. The Hall–Kier alpha value is -1.96. The largest absolute Gasteiger partial charge is 0.456 e. The molecule has 1 aromatic heterocycles. The molecule has 0 bridgehead atoms. The van der Waals surface area contributed by atoms with Crippen LogP contribution in [0.5, 0.6) is 0 Å². The summed E-state index contributed by atoms with van der Waals surface area (Å²) < 4.78 is 34.9. The second kappa shape index (κ2) is 10.4. The number of ether oxygens (including phenoxy) is 1. The molecule has 0 radical (unpaired) electrons. The van der Waals surface area contributed by atoms with Crippen molar-refractivity contribution in [3.8, 4) is 0 Å². The second-order valence-electron chi connectivity index (χ2n) is 8.07. The summed E-state index contributed by atoms with van der Waals surface area (Å²) in [6.45, 7) is 7.41. The van der Waals surface area contributed by atoms with Crippen molar-refractivity contribution in [3.63, 3.8) is 0 Å². The summed E-state index contributed by atoms with van der Waals surface area (Å²) in [6.07, 6.45) is 4.08. The van der Waals surface area contributed by atoms with Gasteiger partial charge in [0.2, 0.25) is 0 Å². The molecule has 8 heteroatoms. The minimum Gasteiger partial charge on any atom is -0.456 e. The molecule has 0 aliphatic heterocycles. The molecule has 0 N–H and O–H groups in total. The summed E-state index contributed by atoms with van der Waals surface area (Å²) in [5.41, 5.74) is 1.54. The molecule has 1 aromatic carbocycles. The van der Waals surface area contributed by atoms with Gasteiger partial charge in [0.15, 0.2) is 0 Å². The summed E-state index contributed by atoms with van der Waals surface area (Å²) in [5, 5.41) is 0.310. The zero-order valence-corrected chi connectivity index (χ0v) is 19.3. The number of nitrogens with zero attached hydrogens (tertiary/aromatic N) is 1. The van der Waals surface area contributed by atoms with Crippen LogP contribution in [0.25, 0.3) is 0 Å². The zero-order chi connectivity index (χ0) is 22.4. The number of aromatic nitrogens is 1. The Balaban J connectivity index is 1.85. The lowest BCUT2D eigenvalue weighted by Crippen LogP contribution is -2.24. The van der Waals surface area contributed by atoms with Crippen LogP contribution < -0.4 is 0 Å². The van der Waals surface area contributed by atoms with Crippen LogP contribution in [-0.2, 0) is 25.5 Å². The lowest BCUT2D eigenvalue weighted by Gasteiger charge is -2.20. The highest BCUT2D eigenvalue weighted by Crippen LogP contribution is 2.20. The Labute approximate surface area is 183 Å². The maximum atomic E-state index is 12.4. The van der Waals surface area contributed by atoms with Gasteiger partial charge in [-0.25, -0.2) is 9.78 Å². The number of hydrogen-bond acceptors (Lipinski definition) is 6. The third-order valence-electron chi connectivity index (χ3n) is 4.21. The van der Waals surface area contributed by atoms with Gasteiger partial charge in [-0.3, -0.25) is 4.18 Å². The predicted molar refractivity (Wildman–Crippen MR) is 116 cm³/mol. The molecule has 0 spiro atoms. The van der Waals surface area contributed by atoms with Crippen molar-refractivity contribution in [3.05, 3.63) is 58.4 Å². The van der Waals surface area contributed by atoms with Crippen LogP contribution in [0, 0.1) is 6.92 Å². The fourth-order valence-electron chi connectivity index (χ4n) is 2.73. The van der Waals surface area contributed by atoms with E-state index < -0.39 is 21.7 Å². The first-order valence-corrected chi connectivity index (χ1v) is 11.6. The normalized spacial score (nSPS) is 12.0. The van der Waals surface area contributed by atoms with E-state index >= 15 is 0 Å². The van der Waals surface area contributed by atoms with Crippen LogP contribution in [0.4, 0.5) is 0 Å². The molecule has 30 heavy (non-hydrogen) atoms. The van der Waals surface area contributed by atoms with Crippen molar-refractivity contribution in [1.82, 2.24) is 4.98 Å². The quantitative estimate of drug-likeness (QED) is 0.227. The molecule has 2 aromatic rings. The number of unbranched alkanes of at least 4 members (excludes halogenated alkanes) is 2. The van der Waals surface area contributed by atoms with Crippen molar-refractivity contribution in [1.29, 1.82) is 0 Å². The molecule has 0 unspecified atom stereocenters. The highest BCUT2D eigenvalue weighted by molar-refractivity contribution is 7.86. The van der Waals surface area contributed by atoms with Crippen LogP contribution in [0.2, 0.25) is 5.15 Å². The minimum absolute atomic E-state index is 0.103. The van der Waals surface area contributed by atoms with Crippen molar-refractivity contribution in [2.24, 2.45) is 0 Å². The van der Waals surface area contributed by atoms with Gasteiger partial charge in [-0.2, -0.15) is 8.42 Å². The fraction of sp³-hybridized carbons (Fsp3) is 0.455. The number of halogens is 1. The maximum Gasteiger partial charge on any atom is 0.340 e. The topological polar surface area (TPSA) is 82.6 Å². The van der Waals surface area contributed by atoms with Crippen LogP contribution >= 0.6 is 11.6 Å². The van der Waals surface area contributed by atoms with Crippen LogP contribution in [0.1, 0.15) is 61.5 Å². The van der Waals surface area contributed by atoms with Crippen molar-refractivity contribution in [2.75, 3.05) is 6.61 Å². The van der Waals surface area contributed by atoms with Crippen molar-refractivity contribution in [2.45, 2.75) is 63.9 Å². The molecule has 2 rings (SSSR count). The molecule has 0 aliphatic rings. The standard InChI is InChI=1S/C22H28ClNO5S/c1-16-9-11-18(12-10-16)30(26,27)28-13-7-5-6-8-17-14-20(23)24-15-19(17)21(25)29-22(2,3)4/h9-12,14-15H,5-8,13H2,1-4H3. The summed E-state index contributed by atoms with van der Waals surface area (Å²) >= 11 is 5.99. The van der Waals surface area contributed by atoms with E-state index in [4.69, 9.17) is 20.5 Å². The highest BCUT2D eigenvalue weighted by Gasteiger charge is 2.21. The number of pyridine rings is 1. The van der Waals surface area contributed by atoms with E-state index in [9.17, 15) is 13.2 Å². The first-order chi connectivity index (χ1) is 14.0. The van der Waals surface area contributed by atoms with Gasteiger partial charge in [0.05, 0.1) is 17.1 Å². The van der Waals surface area contributed by atoms with Gasteiger partial charge in [-0.1, -0.05) is 35.7 Å². The van der Waals surface area contributed by atoms with E-state index in [-0.39, 0.29) is 11.5 Å². The number of hydrogen-bond donors (Lipinski definition) is 0. The van der Waals surface area contributed by atoms with E-state index in [0.29, 0.717) is 23.6 Å². The molecule has 0 fully saturated rings. The van der Waals surface area contributed by atoms with Crippen molar-refractivity contribution >= 4 is 27.7 Å². The number of carbonyl (C=O) groups excluding carboxylic acids is 1. The molecule has 0 aliphatic carbocycles. The van der Waals surface area contributed by atoms with Gasteiger partial charge in [0.25, 0.3) is 10.1 Å². The van der Waals surface area contributed by atoms with Gasteiger partial charge >= 0.3 is 5.97 Å². The number of carbonyl (C=O) groups is 1. The highest BCUT2D eigenvalue weighted by atomic mass is 35.5. The number of aryl methyl sites for hydroxylation is 2. The first-order valence-electron chi connectivity index (χ1n) is 9.82. The van der Waals surface area contributed by atoms with E-state index in [2.05, 4.69) is 4.98 Å².